The molecule has 0 unspecified atom stereocenters. The second-order valence-electron chi connectivity index (χ2n) is 8.24. The summed E-state index contributed by atoms with van der Waals surface area (Å²) in [5.74, 6) is 1.86. The van der Waals surface area contributed by atoms with Crippen molar-refractivity contribution in [1.82, 2.24) is 19.4 Å². The highest BCUT2D eigenvalue weighted by molar-refractivity contribution is 5.21. The van der Waals surface area contributed by atoms with Gasteiger partial charge in [-0.1, -0.05) is 30.3 Å². The van der Waals surface area contributed by atoms with E-state index in [9.17, 15) is 0 Å². The lowest BCUT2D eigenvalue weighted by molar-refractivity contribution is 0.0209. The van der Waals surface area contributed by atoms with Crippen LogP contribution in [0.15, 0.2) is 42.7 Å². The zero-order valence-corrected chi connectivity index (χ0v) is 15.6. The van der Waals surface area contributed by atoms with Crippen LogP contribution < -0.4 is 0 Å². The van der Waals surface area contributed by atoms with Gasteiger partial charge in [0.15, 0.2) is 0 Å². The first-order chi connectivity index (χ1) is 12.1. The molecule has 25 heavy (non-hydrogen) atoms. The van der Waals surface area contributed by atoms with Gasteiger partial charge in [0, 0.05) is 32.5 Å². The van der Waals surface area contributed by atoms with E-state index in [1.807, 2.05) is 12.4 Å². The van der Waals surface area contributed by atoms with Crippen LogP contribution in [0.3, 0.4) is 0 Å². The van der Waals surface area contributed by atoms with Gasteiger partial charge in [0.2, 0.25) is 0 Å². The monoisotopic (exact) mass is 338 g/mol. The molecule has 134 valence electrons. The molecule has 2 aromatic rings. The van der Waals surface area contributed by atoms with Crippen LogP contribution in [-0.2, 0) is 13.6 Å². The number of piperidine rings is 2. The molecular formula is C21H30N4. The third-order valence-electron chi connectivity index (χ3n) is 6.29. The number of likely N-dealkylation sites (tertiary alicyclic amines) is 2. The molecule has 0 saturated carbocycles. The van der Waals surface area contributed by atoms with Crippen LogP contribution in [-0.4, -0.2) is 52.6 Å². The molecule has 0 amide bonds. The Balaban J connectivity index is 1.41. The lowest BCUT2D eigenvalue weighted by atomic mass is 9.68. The highest BCUT2D eigenvalue weighted by Gasteiger charge is 2.41. The maximum Gasteiger partial charge on any atom is 0.122 e. The summed E-state index contributed by atoms with van der Waals surface area (Å²) in [5.41, 5.74) is 2.01. The van der Waals surface area contributed by atoms with Crippen LogP contribution in [0.4, 0.5) is 0 Å². The van der Waals surface area contributed by atoms with Crippen molar-refractivity contribution in [2.24, 2.45) is 12.5 Å². The molecular weight excluding hydrogens is 308 g/mol. The molecule has 0 radical (unpaired) electrons. The van der Waals surface area contributed by atoms with Gasteiger partial charge in [-0.3, -0.25) is 4.90 Å². The minimum atomic E-state index is 0.492. The van der Waals surface area contributed by atoms with E-state index in [4.69, 9.17) is 0 Å². The van der Waals surface area contributed by atoms with E-state index in [1.54, 1.807) is 0 Å². The molecule has 2 fully saturated rings. The summed E-state index contributed by atoms with van der Waals surface area (Å²) >= 11 is 0. The average Bonchev–Trinajstić information content (AvgIpc) is 3.02. The molecule has 4 nitrogen and oxygen atoms in total. The van der Waals surface area contributed by atoms with Crippen LogP contribution in [0.1, 0.15) is 36.6 Å². The number of benzene rings is 1. The van der Waals surface area contributed by atoms with Crippen LogP contribution in [0.2, 0.25) is 0 Å². The first-order valence-electron chi connectivity index (χ1n) is 9.56. The smallest absolute Gasteiger partial charge is 0.122 e. The third-order valence-corrected chi connectivity index (χ3v) is 6.29. The number of likely N-dealkylation sites (N-methyl/N-ethyl adjacent to an activating group) is 1. The number of imidazole rings is 1. The molecule has 2 saturated heterocycles. The van der Waals surface area contributed by atoms with Gasteiger partial charge >= 0.3 is 0 Å². The molecule has 2 aliphatic rings. The van der Waals surface area contributed by atoms with Crippen molar-refractivity contribution in [2.45, 2.75) is 31.7 Å². The number of rotatable bonds is 3. The fourth-order valence-corrected chi connectivity index (χ4v) is 4.91. The number of hydrogen-bond acceptors (Lipinski definition) is 3. The van der Waals surface area contributed by atoms with Crippen molar-refractivity contribution in [3.05, 3.63) is 54.1 Å². The Morgan fingerprint density at radius 1 is 1.12 bits per heavy atom. The minimum Gasteiger partial charge on any atom is -0.337 e. The summed E-state index contributed by atoms with van der Waals surface area (Å²) in [6.07, 6.45) is 7.91. The summed E-state index contributed by atoms with van der Waals surface area (Å²) in [7, 11) is 4.39. The predicted molar refractivity (Wildman–Crippen MR) is 101 cm³/mol. The SMILES string of the molecule is CN1C[C@@H](c2ccccc2)CC2(CCN(Cc3nccn3C)CC2)C1. The topological polar surface area (TPSA) is 24.3 Å². The fraction of sp³-hybridized carbons (Fsp3) is 0.571. The Morgan fingerprint density at radius 2 is 1.88 bits per heavy atom. The van der Waals surface area contributed by atoms with E-state index in [2.05, 4.69) is 63.8 Å². The molecule has 0 N–H and O–H groups in total. The first-order valence-corrected chi connectivity index (χ1v) is 9.56. The van der Waals surface area contributed by atoms with E-state index in [0.717, 1.165) is 6.54 Å². The maximum atomic E-state index is 4.49. The quantitative estimate of drug-likeness (QED) is 0.859. The van der Waals surface area contributed by atoms with Gasteiger partial charge in [0.25, 0.3) is 0 Å². The van der Waals surface area contributed by atoms with Crippen molar-refractivity contribution in [3.8, 4) is 0 Å². The Morgan fingerprint density at radius 3 is 2.56 bits per heavy atom. The van der Waals surface area contributed by atoms with Crippen LogP contribution in [0.25, 0.3) is 0 Å². The summed E-state index contributed by atoms with van der Waals surface area (Å²) in [4.78, 5) is 9.64. The van der Waals surface area contributed by atoms with Crippen molar-refractivity contribution in [1.29, 1.82) is 0 Å². The average molecular weight is 338 g/mol. The van der Waals surface area contributed by atoms with E-state index < -0.39 is 0 Å². The van der Waals surface area contributed by atoms with Gasteiger partial charge in [-0.15, -0.1) is 0 Å². The van der Waals surface area contributed by atoms with Crippen LogP contribution in [0, 0.1) is 5.41 Å². The fourth-order valence-electron chi connectivity index (χ4n) is 4.91. The van der Waals surface area contributed by atoms with Gasteiger partial charge in [-0.2, -0.15) is 0 Å². The molecule has 3 heterocycles. The van der Waals surface area contributed by atoms with Gasteiger partial charge in [-0.25, -0.2) is 4.98 Å². The normalized spacial score (nSPS) is 24.6. The Kier molecular flexibility index (Phi) is 4.65. The molecule has 1 atom stereocenters. The lowest BCUT2D eigenvalue weighted by Gasteiger charge is -2.49. The number of aromatic nitrogens is 2. The lowest BCUT2D eigenvalue weighted by Crippen LogP contribution is -2.50. The highest BCUT2D eigenvalue weighted by atomic mass is 15.2. The highest BCUT2D eigenvalue weighted by Crippen LogP contribution is 2.44. The molecule has 0 aliphatic carbocycles. The molecule has 1 aromatic carbocycles. The number of aryl methyl sites for hydroxylation is 1. The zero-order valence-electron chi connectivity index (χ0n) is 15.6. The van der Waals surface area contributed by atoms with Crippen molar-refractivity contribution in [2.75, 3.05) is 33.2 Å². The third kappa shape index (κ3) is 3.65. The number of hydrogen-bond donors (Lipinski definition) is 0. The molecule has 1 spiro atoms. The van der Waals surface area contributed by atoms with Crippen LogP contribution >= 0.6 is 0 Å². The van der Waals surface area contributed by atoms with Crippen molar-refractivity contribution in [3.63, 3.8) is 0 Å². The van der Waals surface area contributed by atoms with Gasteiger partial charge in [0.1, 0.15) is 5.82 Å². The van der Waals surface area contributed by atoms with Crippen LogP contribution in [0.5, 0.6) is 0 Å². The first kappa shape index (κ1) is 16.8. The van der Waals surface area contributed by atoms with Crippen molar-refractivity contribution >= 4 is 0 Å². The minimum absolute atomic E-state index is 0.492. The van der Waals surface area contributed by atoms with Crippen molar-refractivity contribution < 1.29 is 0 Å². The molecule has 4 rings (SSSR count). The van der Waals surface area contributed by atoms with Gasteiger partial charge in [0.05, 0.1) is 6.54 Å². The summed E-state index contributed by atoms with van der Waals surface area (Å²) in [5, 5.41) is 0. The van der Waals surface area contributed by atoms with Gasteiger partial charge in [-0.05, 0) is 56.3 Å². The van der Waals surface area contributed by atoms with E-state index in [0.29, 0.717) is 11.3 Å². The Hall–Kier alpha value is -1.65. The summed E-state index contributed by atoms with van der Waals surface area (Å²) in [6, 6.07) is 11.1. The molecule has 1 aromatic heterocycles. The standard InChI is InChI=1S/C21H30N4/c1-23-15-19(18-6-4-3-5-7-18)14-21(17-23)8-11-25(12-9-21)16-20-22-10-13-24(20)2/h3-7,10,13,19H,8-9,11-12,14-17H2,1-2H3/t19-/m0/s1. The Labute approximate surface area is 151 Å². The Bertz CT molecular complexity index is 685. The predicted octanol–water partition coefficient (Wildman–Crippen LogP) is 3.12. The second-order valence-corrected chi connectivity index (χ2v) is 8.24. The largest absolute Gasteiger partial charge is 0.337 e. The van der Waals surface area contributed by atoms with E-state index >= 15 is 0 Å². The summed E-state index contributed by atoms with van der Waals surface area (Å²) in [6.45, 7) is 5.83. The maximum absolute atomic E-state index is 4.49. The zero-order chi connectivity index (χ0) is 17.3. The second kappa shape index (κ2) is 6.93. The molecule has 4 heteroatoms. The van der Waals surface area contributed by atoms with E-state index in [1.165, 1.54) is 56.8 Å². The number of nitrogens with zero attached hydrogens (tertiary/aromatic N) is 4. The molecule has 2 aliphatic heterocycles. The molecule has 0 bridgehead atoms. The van der Waals surface area contributed by atoms with E-state index in [-0.39, 0.29) is 0 Å². The van der Waals surface area contributed by atoms with Gasteiger partial charge < -0.3 is 9.47 Å². The summed E-state index contributed by atoms with van der Waals surface area (Å²) < 4.78 is 2.14.